The predicted molar refractivity (Wildman–Crippen MR) is 282 cm³/mol. The van der Waals surface area contributed by atoms with Crippen LogP contribution in [0.2, 0.25) is 0 Å². The molecule has 16 heteroatoms. The normalized spacial score (nSPS) is 9.00. The summed E-state index contributed by atoms with van der Waals surface area (Å²) >= 11 is 1.67. The number of aromatic nitrogens is 14. The van der Waals surface area contributed by atoms with Crippen molar-refractivity contribution in [2.75, 3.05) is 0 Å². The highest BCUT2D eigenvalue weighted by molar-refractivity contribution is 7.09. The van der Waals surface area contributed by atoms with Gasteiger partial charge in [-0.3, -0.25) is 20.1 Å². The SMILES string of the molecule is Cc1ccccc1.Cc1ccccn1.Cc1cccnc1.Cc1cccnn1.Cc1ccn[nH]1.Cc1ccncn1.Cc1ccon1.Cc1nc2ccccc2[nH]1.Cc1ncccn1.Cc1nccs1. The van der Waals surface area contributed by atoms with Gasteiger partial charge in [-0.1, -0.05) is 65.3 Å². The summed E-state index contributed by atoms with van der Waals surface area (Å²) in [5, 5.41) is 20.5. The highest BCUT2D eigenvalue weighted by Crippen LogP contribution is 2.08. The van der Waals surface area contributed by atoms with Crippen LogP contribution in [0.1, 0.15) is 56.3 Å². The molecule has 0 unspecified atom stereocenters. The molecule has 362 valence electrons. The zero-order valence-corrected chi connectivity index (χ0v) is 42.5. The largest absolute Gasteiger partial charge is 0.365 e. The fourth-order valence-electron chi connectivity index (χ4n) is 4.51. The first-order valence-corrected chi connectivity index (χ1v) is 22.9. The standard InChI is InChI=1S/C8H8N2.C7H8.2C6H7N.3C5H6N2.C4H6N2.C4H5NO.C4H5NS/c1-6-9-7-4-2-3-5-8(7)10-6;1-7-5-3-2-4-6-7;1-6-3-2-4-7-5-6;1-6-4-2-3-5-7-6;1-5-2-3-6-4-7-5;1-5-6-3-2-4-7-5;1-5-3-2-4-6-7-5;1-4-2-3-5-6-4;1-4-2-3-6-5-4;1-4-5-2-3-6-4/h2-5H,1H3,(H,9,10);2-6H,1H3;2*2-5H,1H3;3*2-4H,1H3;2-3H,1H3,(H,5,6);2*2-3H,1H3. The van der Waals surface area contributed by atoms with Gasteiger partial charge in [-0.15, -0.1) is 11.3 Å². The minimum atomic E-state index is 0.822. The molecule has 0 aliphatic carbocycles. The van der Waals surface area contributed by atoms with E-state index in [1.54, 1.807) is 79.3 Å². The highest BCUT2D eigenvalue weighted by Gasteiger charge is 1.94. The molecule has 70 heavy (non-hydrogen) atoms. The molecule has 9 aromatic heterocycles. The van der Waals surface area contributed by atoms with Crippen molar-refractivity contribution in [3.63, 3.8) is 0 Å². The van der Waals surface area contributed by atoms with Gasteiger partial charge in [-0.05, 0) is 135 Å². The summed E-state index contributed by atoms with van der Waals surface area (Å²) in [7, 11) is 0. The number of thiazole rings is 1. The lowest BCUT2D eigenvalue weighted by atomic mass is 10.2. The topological polar surface area (TPSA) is 199 Å². The highest BCUT2D eigenvalue weighted by atomic mass is 32.1. The second-order valence-corrected chi connectivity index (χ2v) is 15.5. The van der Waals surface area contributed by atoms with Crippen molar-refractivity contribution in [1.29, 1.82) is 0 Å². The molecule has 2 N–H and O–H groups in total. The Morgan fingerprint density at radius 3 is 1.50 bits per heavy atom. The number of aromatic amines is 2. The van der Waals surface area contributed by atoms with E-state index in [1.807, 2.05) is 171 Å². The number of rotatable bonds is 0. The van der Waals surface area contributed by atoms with Crippen LogP contribution >= 0.6 is 11.3 Å². The van der Waals surface area contributed by atoms with E-state index in [9.17, 15) is 0 Å². The molecule has 0 aliphatic rings. The van der Waals surface area contributed by atoms with E-state index in [1.165, 1.54) is 17.5 Å². The average Bonchev–Trinajstić information content (AvgIpc) is 4.23. The summed E-state index contributed by atoms with van der Waals surface area (Å²) in [6.07, 6.45) is 18.8. The number of pyridine rings is 2. The first-order valence-electron chi connectivity index (χ1n) is 22.0. The maximum Gasteiger partial charge on any atom is 0.125 e. The van der Waals surface area contributed by atoms with Crippen molar-refractivity contribution in [2.45, 2.75) is 69.2 Å². The number of aryl methyl sites for hydroxylation is 10. The van der Waals surface area contributed by atoms with Crippen molar-refractivity contribution in [3.05, 3.63) is 251 Å². The molecule has 11 rings (SSSR count). The second-order valence-electron chi connectivity index (χ2n) is 14.4. The Balaban J connectivity index is 0.000000268. The number of para-hydroxylation sites is 2. The molecule has 0 fully saturated rings. The molecular formula is C54H64N14OS. The molecule has 11 aromatic rings. The van der Waals surface area contributed by atoms with Crippen LogP contribution in [0.3, 0.4) is 0 Å². The Labute approximate surface area is 416 Å². The number of fused-ring (bicyclic) bond motifs is 1. The Morgan fingerprint density at radius 2 is 1.17 bits per heavy atom. The van der Waals surface area contributed by atoms with E-state index in [4.69, 9.17) is 0 Å². The predicted octanol–water partition coefficient (Wildman–Crippen LogP) is 12.2. The first kappa shape index (κ1) is 57.6. The summed E-state index contributed by atoms with van der Waals surface area (Å²) in [6, 6.07) is 39.2. The maximum atomic E-state index is 4.46. The molecule has 0 saturated carbocycles. The van der Waals surface area contributed by atoms with Crippen LogP contribution in [0.25, 0.3) is 11.0 Å². The molecule has 9 heterocycles. The lowest BCUT2D eigenvalue weighted by Crippen LogP contribution is -1.80. The molecule has 15 nitrogen and oxygen atoms in total. The molecule has 0 amide bonds. The average molecular weight is 957 g/mol. The summed E-state index contributed by atoms with van der Waals surface area (Å²) in [5.41, 5.74) is 9.76. The van der Waals surface area contributed by atoms with E-state index in [-0.39, 0.29) is 0 Å². The Bertz CT molecular complexity index is 2390. The number of imidazole rings is 1. The molecule has 0 bridgehead atoms. The zero-order chi connectivity index (χ0) is 50.9. The minimum Gasteiger partial charge on any atom is -0.365 e. The molecule has 0 atom stereocenters. The number of benzene rings is 2. The Morgan fingerprint density at radius 1 is 0.486 bits per heavy atom. The smallest absolute Gasteiger partial charge is 0.125 e. The molecule has 2 aromatic carbocycles. The van der Waals surface area contributed by atoms with Crippen molar-refractivity contribution in [2.24, 2.45) is 0 Å². The molecule has 0 radical (unpaired) electrons. The number of hydrogen-bond acceptors (Lipinski definition) is 14. The van der Waals surface area contributed by atoms with Gasteiger partial charge in [0.05, 0.1) is 27.4 Å². The summed E-state index contributed by atoms with van der Waals surface area (Å²) < 4.78 is 4.46. The van der Waals surface area contributed by atoms with E-state index >= 15 is 0 Å². The van der Waals surface area contributed by atoms with Crippen LogP contribution in [0, 0.1) is 69.2 Å². The first-order chi connectivity index (χ1) is 33.9. The summed E-state index contributed by atoms with van der Waals surface area (Å²) in [4.78, 5) is 34.5. The monoisotopic (exact) mass is 957 g/mol. The number of hydrogen-bond donors (Lipinski definition) is 2. The molecule has 0 saturated heterocycles. The Hall–Kier alpha value is -8.50. The molecule has 0 spiro atoms. The van der Waals surface area contributed by atoms with Crippen LogP contribution in [-0.2, 0) is 0 Å². The third-order valence-corrected chi connectivity index (χ3v) is 8.67. The van der Waals surface area contributed by atoms with Crippen molar-refractivity contribution in [3.8, 4) is 0 Å². The zero-order valence-electron chi connectivity index (χ0n) is 41.7. The number of H-pyrrole nitrogens is 2. The van der Waals surface area contributed by atoms with Crippen LogP contribution in [0.15, 0.2) is 200 Å². The van der Waals surface area contributed by atoms with E-state index in [0.717, 1.165) is 56.2 Å². The van der Waals surface area contributed by atoms with Gasteiger partial charge in [0.15, 0.2) is 0 Å². The van der Waals surface area contributed by atoms with Gasteiger partial charge < -0.3 is 9.51 Å². The van der Waals surface area contributed by atoms with Crippen molar-refractivity contribution >= 4 is 22.4 Å². The minimum absolute atomic E-state index is 0.822. The van der Waals surface area contributed by atoms with Crippen molar-refractivity contribution in [1.82, 2.24) is 70.4 Å². The third-order valence-electron chi connectivity index (χ3n) is 7.96. The summed E-state index contributed by atoms with van der Waals surface area (Å²) in [5.74, 6) is 1.80. The van der Waals surface area contributed by atoms with E-state index < -0.39 is 0 Å². The van der Waals surface area contributed by atoms with Gasteiger partial charge in [0.25, 0.3) is 0 Å². The van der Waals surface area contributed by atoms with E-state index in [0.29, 0.717) is 0 Å². The van der Waals surface area contributed by atoms with E-state index in [2.05, 4.69) is 94.0 Å². The van der Waals surface area contributed by atoms with Crippen molar-refractivity contribution < 1.29 is 4.52 Å². The van der Waals surface area contributed by atoms with Crippen LogP contribution in [-0.4, -0.2) is 70.4 Å². The maximum absolute atomic E-state index is 4.46. The van der Waals surface area contributed by atoms with Gasteiger partial charge >= 0.3 is 0 Å². The summed E-state index contributed by atoms with van der Waals surface area (Å²) in [6.45, 7) is 19.6. The quantitative estimate of drug-likeness (QED) is 0.146. The van der Waals surface area contributed by atoms with Gasteiger partial charge in [0, 0.05) is 84.3 Å². The van der Waals surface area contributed by atoms with Gasteiger partial charge in [-0.2, -0.15) is 15.3 Å². The fourth-order valence-corrected chi connectivity index (χ4v) is 4.95. The van der Waals surface area contributed by atoms with Gasteiger partial charge in [-0.25, -0.2) is 24.9 Å². The van der Waals surface area contributed by atoms with Gasteiger partial charge in [0.2, 0.25) is 0 Å². The number of nitrogens with zero attached hydrogens (tertiary/aromatic N) is 12. The Kier molecular flexibility index (Phi) is 30.9. The van der Waals surface area contributed by atoms with Crippen LogP contribution < -0.4 is 0 Å². The second kappa shape index (κ2) is 37.6. The lowest BCUT2D eigenvalue weighted by molar-refractivity contribution is 0.415. The lowest BCUT2D eigenvalue weighted by Gasteiger charge is -1.82. The molecular weight excluding hydrogens is 893 g/mol. The number of nitrogens with one attached hydrogen (secondary N) is 2. The van der Waals surface area contributed by atoms with Crippen LogP contribution in [0.5, 0.6) is 0 Å². The van der Waals surface area contributed by atoms with Gasteiger partial charge in [0.1, 0.15) is 24.2 Å². The fraction of sp³-hybridized carbons (Fsp3) is 0.185. The molecule has 0 aliphatic heterocycles. The third kappa shape index (κ3) is 32.2. The van der Waals surface area contributed by atoms with Crippen LogP contribution in [0.4, 0.5) is 0 Å².